The van der Waals surface area contributed by atoms with Crippen LogP contribution in [0.15, 0.2) is 33.9 Å². The van der Waals surface area contributed by atoms with Crippen molar-refractivity contribution < 1.29 is 9.32 Å². The van der Waals surface area contributed by atoms with Crippen LogP contribution in [0.4, 0.5) is 5.69 Å². The van der Waals surface area contributed by atoms with E-state index in [1.54, 1.807) is 19.1 Å². The van der Waals surface area contributed by atoms with Crippen LogP contribution in [0.25, 0.3) is 21.7 Å². The highest BCUT2D eigenvalue weighted by atomic mass is 16.5. The Balaban J connectivity index is 2.32. The highest BCUT2D eigenvalue weighted by Crippen LogP contribution is 2.27. The number of benzene rings is 1. The van der Waals surface area contributed by atoms with Gasteiger partial charge in [-0.2, -0.15) is 0 Å². The van der Waals surface area contributed by atoms with Crippen LogP contribution >= 0.6 is 0 Å². The third kappa shape index (κ3) is 2.96. The van der Waals surface area contributed by atoms with E-state index in [2.05, 4.69) is 20.5 Å². The van der Waals surface area contributed by atoms with Gasteiger partial charge < -0.3 is 9.84 Å². The molecule has 1 amide bonds. The number of hydrogen-bond donors (Lipinski definition) is 1. The Morgan fingerprint density at radius 1 is 1.45 bits per heavy atom. The first-order chi connectivity index (χ1) is 9.61. The molecule has 1 heterocycles. The fourth-order valence-electron chi connectivity index (χ4n) is 1.82. The second-order valence-electron chi connectivity index (χ2n) is 4.21. The highest BCUT2D eigenvalue weighted by molar-refractivity contribution is 5.88. The maximum Gasteiger partial charge on any atom is 0.221 e. The molecule has 0 saturated heterocycles. The summed E-state index contributed by atoms with van der Waals surface area (Å²) in [6.45, 7) is 3.41. The van der Waals surface area contributed by atoms with Crippen LogP contribution in [0.1, 0.15) is 18.2 Å². The molecule has 7 heteroatoms. The normalized spacial score (nSPS) is 9.90. The third-order valence-electron chi connectivity index (χ3n) is 2.76. The van der Waals surface area contributed by atoms with Crippen molar-refractivity contribution in [3.05, 3.63) is 46.0 Å². The molecule has 2 rings (SSSR count). The largest absolute Gasteiger partial charge is 0.361 e. The molecule has 0 atom stereocenters. The van der Waals surface area contributed by atoms with Gasteiger partial charge >= 0.3 is 0 Å². The third-order valence-corrected chi connectivity index (χ3v) is 2.76. The lowest BCUT2D eigenvalue weighted by Gasteiger charge is -2.03. The number of amides is 1. The Morgan fingerprint density at radius 2 is 2.15 bits per heavy atom. The molecule has 0 bridgehead atoms. The number of rotatable bonds is 4. The van der Waals surface area contributed by atoms with Crippen LogP contribution in [0, 0.1) is 6.92 Å². The van der Waals surface area contributed by atoms with E-state index in [1.165, 1.54) is 6.92 Å². The summed E-state index contributed by atoms with van der Waals surface area (Å²) in [5.41, 5.74) is 11.3. The number of carbonyl (C=O) groups is 1. The van der Waals surface area contributed by atoms with Gasteiger partial charge in [-0.25, -0.2) is 0 Å². The summed E-state index contributed by atoms with van der Waals surface area (Å²) >= 11 is 0. The first kappa shape index (κ1) is 13.6. The van der Waals surface area contributed by atoms with Gasteiger partial charge in [-0.05, 0) is 24.6 Å². The van der Waals surface area contributed by atoms with Gasteiger partial charge in [-0.15, -0.1) is 0 Å². The molecule has 20 heavy (non-hydrogen) atoms. The van der Waals surface area contributed by atoms with Crippen molar-refractivity contribution in [1.82, 2.24) is 5.16 Å². The summed E-state index contributed by atoms with van der Waals surface area (Å²) < 4.78 is 5.14. The minimum absolute atomic E-state index is 0.126. The molecule has 0 spiro atoms. The van der Waals surface area contributed by atoms with Gasteiger partial charge in [-0.1, -0.05) is 22.4 Å². The van der Waals surface area contributed by atoms with Gasteiger partial charge in [0.2, 0.25) is 5.91 Å². The predicted octanol–water partition coefficient (Wildman–Crippen LogP) is 3.42. The predicted molar refractivity (Wildman–Crippen MR) is 73.8 cm³/mol. The molecule has 0 fully saturated rings. The molecule has 0 aliphatic carbocycles. The minimum atomic E-state index is -0.126. The zero-order valence-corrected chi connectivity index (χ0v) is 11.1. The quantitative estimate of drug-likeness (QED) is 0.523. The van der Waals surface area contributed by atoms with Crippen LogP contribution in [0.5, 0.6) is 0 Å². The van der Waals surface area contributed by atoms with Crippen LogP contribution in [-0.2, 0) is 11.3 Å². The molecule has 0 aliphatic heterocycles. The number of nitrogens with one attached hydrogen (secondary N) is 1. The van der Waals surface area contributed by atoms with E-state index in [0.29, 0.717) is 17.1 Å². The molecular weight excluding hydrogens is 258 g/mol. The smallest absolute Gasteiger partial charge is 0.221 e. The summed E-state index contributed by atoms with van der Waals surface area (Å²) in [6.07, 6.45) is 0. The highest BCUT2D eigenvalue weighted by Gasteiger charge is 2.13. The standard InChI is InChI=1S/C13H13N5O2/c1-8-12(7-15-18-14)13(17-20-8)10-3-5-11(6-4-10)16-9(2)19/h3-6H,7H2,1-2H3,(H,16,19). The number of carbonyl (C=O) groups excluding carboxylic acids is 1. The monoisotopic (exact) mass is 271 g/mol. The number of azide groups is 1. The molecule has 0 aliphatic rings. The first-order valence-corrected chi connectivity index (χ1v) is 5.96. The van der Waals surface area contributed by atoms with Gasteiger partial charge in [0.15, 0.2) is 0 Å². The fraction of sp³-hybridized carbons (Fsp3) is 0.231. The van der Waals surface area contributed by atoms with Crippen LogP contribution in [0.2, 0.25) is 0 Å². The van der Waals surface area contributed by atoms with Gasteiger partial charge in [0.25, 0.3) is 0 Å². The van der Waals surface area contributed by atoms with Crippen molar-refractivity contribution in [3.63, 3.8) is 0 Å². The lowest BCUT2D eigenvalue weighted by Crippen LogP contribution is -2.05. The average molecular weight is 271 g/mol. The maximum absolute atomic E-state index is 11.0. The Labute approximate surface area is 115 Å². The van der Waals surface area contributed by atoms with Crippen LogP contribution < -0.4 is 5.32 Å². The van der Waals surface area contributed by atoms with Crippen LogP contribution in [0.3, 0.4) is 0 Å². The molecule has 0 unspecified atom stereocenters. The Bertz CT molecular complexity index is 669. The van der Waals surface area contributed by atoms with Crippen molar-refractivity contribution in [3.8, 4) is 11.3 Å². The van der Waals surface area contributed by atoms with Crippen molar-refractivity contribution in [2.45, 2.75) is 20.4 Å². The molecule has 0 radical (unpaired) electrons. The van der Waals surface area contributed by atoms with Crippen molar-refractivity contribution in [1.29, 1.82) is 0 Å². The van der Waals surface area contributed by atoms with Gasteiger partial charge in [-0.3, -0.25) is 4.79 Å². The lowest BCUT2D eigenvalue weighted by molar-refractivity contribution is -0.114. The number of hydrogen-bond acceptors (Lipinski definition) is 4. The zero-order chi connectivity index (χ0) is 14.5. The van der Waals surface area contributed by atoms with E-state index in [9.17, 15) is 4.79 Å². The number of anilines is 1. The van der Waals surface area contributed by atoms with E-state index >= 15 is 0 Å². The van der Waals surface area contributed by atoms with E-state index < -0.39 is 0 Å². The molecule has 2 aromatic rings. The summed E-state index contributed by atoms with van der Waals surface area (Å²) in [4.78, 5) is 13.7. The van der Waals surface area contributed by atoms with E-state index in [-0.39, 0.29) is 12.5 Å². The first-order valence-electron chi connectivity index (χ1n) is 5.96. The Hall–Kier alpha value is -2.79. The van der Waals surface area contributed by atoms with Gasteiger partial charge in [0, 0.05) is 28.6 Å². The number of aromatic nitrogens is 1. The molecule has 0 saturated carbocycles. The maximum atomic E-state index is 11.0. The van der Waals surface area contributed by atoms with E-state index in [4.69, 9.17) is 10.1 Å². The number of aryl methyl sites for hydroxylation is 1. The second-order valence-corrected chi connectivity index (χ2v) is 4.21. The van der Waals surface area contributed by atoms with Gasteiger partial charge in [0.1, 0.15) is 11.5 Å². The van der Waals surface area contributed by atoms with Crippen molar-refractivity contribution >= 4 is 11.6 Å². The SMILES string of the molecule is CC(=O)Nc1ccc(-c2noc(C)c2CN=[N+]=[N-])cc1. The molecule has 7 nitrogen and oxygen atoms in total. The van der Waals surface area contributed by atoms with Gasteiger partial charge in [0.05, 0.1) is 6.54 Å². The molecule has 102 valence electrons. The summed E-state index contributed by atoms with van der Waals surface area (Å²) in [5.74, 6) is 0.498. The van der Waals surface area contributed by atoms with Crippen molar-refractivity contribution in [2.24, 2.45) is 5.11 Å². The zero-order valence-electron chi connectivity index (χ0n) is 11.1. The fourth-order valence-corrected chi connectivity index (χ4v) is 1.82. The topological polar surface area (TPSA) is 104 Å². The summed E-state index contributed by atoms with van der Waals surface area (Å²) in [7, 11) is 0. The second kappa shape index (κ2) is 5.90. The van der Waals surface area contributed by atoms with E-state index in [1.807, 2.05) is 12.1 Å². The molecule has 1 aromatic heterocycles. The lowest BCUT2D eigenvalue weighted by atomic mass is 10.1. The summed E-state index contributed by atoms with van der Waals surface area (Å²) in [5, 5.41) is 10.2. The van der Waals surface area contributed by atoms with Crippen LogP contribution in [-0.4, -0.2) is 11.1 Å². The van der Waals surface area contributed by atoms with Crippen molar-refractivity contribution in [2.75, 3.05) is 5.32 Å². The molecule has 1 aromatic carbocycles. The molecular formula is C13H13N5O2. The minimum Gasteiger partial charge on any atom is -0.361 e. The summed E-state index contributed by atoms with van der Waals surface area (Å²) in [6, 6.07) is 7.19. The Morgan fingerprint density at radius 3 is 2.75 bits per heavy atom. The average Bonchev–Trinajstić information content (AvgIpc) is 2.78. The number of nitrogens with zero attached hydrogens (tertiary/aromatic N) is 4. The Kier molecular flexibility index (Phi) is 4.02. The molecule has 1 N–H and O–H groups in total. The van der Waals surface area contributed by atoms with E-state index in [0.717, 1.165) is 11.1 Å².